The predicted octanol–water partition coefficient (Wildman–Crippen LogP) is 6.80. The Morgan fingerprint density at radius 1 is 1.14 bits per heavy atom. The zero-order chi connectivity index (χ0) is 25.7. The van der Waals surface area contributed by atoms with E-state index in [2.05, 4.69) is 26.8 Å². The number of rotatable bonds is 8. The summed E-state index contributed by atoms with van der Waals surface area (Å²) in [6.45, 7) is 14.5. The van der Waals surface area contributed by atoms with E-state index in [1.165, 1.54) is 5.56 Å². The largest absolute Gasteiger partial charge is 0.490 e. The van der Waals surface area contributed by atoms with Gasteiger partial charge in [-0.1, -0.05) is 26.8 Å². The van der Waals surface area contributed by atoms with Crippen LogP contribution in [0.15, 0.2) is 24.3 Å². The highest BCUT2D eigenvalue weighted by molar-refractivity contribution is 6.07. The molecule has 1 heterocycles. The molecule has 2 aromatic carbocycles. The minimum absolute atomic E-state index is 0. The lowest BCUT2D eigenvalue weighted by molar-refractivity contribution is 0.0920. The number of carbonyl (C=O) groups is 1. The average Bonchev–Trinajstić information content (AvgIpc) is 3.61. The van der Waals surface area contributed by atoms with Crippen molar-refractivity contribution >= 4 is 11.6 Å². The van der Waals surface area contributed by atoms with E-state index in [0.717, 1.165) is 18.4 Å². The van der Waals surface area contributed by atoms with E-state index in [9.17, 15) is 4.79 Å². The molecule has 1 N–H and O–H groups in total. The number of ether oxygens (including phenoxy) is 2. The highest BCUT2D eigenvalue weighted by atomic mass is 19.1. The number of amidine groups is 1. The Morgan fingerprint density at radius 3 is 2.37 bits per heavy atom. The van der Waals surface area contributed by atoms with Crippen molar-refractivity contribution in [3.63, 3.8) is 0 Å². The van der Waals surface area contributed by atoms with Gasteiger partial charge >= 0.3 is 0 Å². The van der Waals surface area contributed by atoms with Crippen LogP contribution in [-0.4, -0.2) is 36.3 Å². The molecule has 0 amide bonds. The molecule has 2 aromatic rings. The van der Waals surface area contributed by atoms with Crippen molar-refractivity contribution in [2.45, 2.75) is 78.2 Å². The summed E-state index contributed by atoms with van der Waals surface area (Å²) in [4.78, 5) is 15.3. The smallest absolute Gasteiger partial charge is 0.197 e. The first-order chi connectivity index (χ1) is 16.4. The van der Waals surface area contributed by atoms with Gasteiger partial charge in [0.25, 0.3) is 0 Å². The lowest BCUT2D eigenvalue weighted by Crippen LogP contribution is -2.42. The lowest BCUT2D eigenvalue weighted by atomic mass is 9.84. The molecule has 0 aromatic heterocycles. The van der Waals surface area contributed by atoms with Crippen molar-refractivity contribution in [1.29, 1.82) is 5.41 Å². The van der Waals surface area contributed by atoms with Crippen LogP contribution in [0.1, 0.15) is 101 Å². The van der Waals surface area contributed by atoms with E-state index in [-0.39, 0.29) is 42.9 Å². The third-order valence-electron chi connectivity index (χ3n) is 7.11. The van der Waals surface area contributed by atoms with Crippen LogP contribution in [0, 0.1) is 11.2 Å². The molecule has 1 saturated carbocycles. The molecule has 6 heteroatoms. The van der Waals surface area contributed by atoms with Gasteiger partial charge in [-0.05, 0) is 86.8 Å². The maximum Gasteiger partial charge on any atom is 0.197 e. The number of halogens is 1. The second-order valence-corrected chi connectivity index (χ2v) is 11.1. The van der Waals surface area contributed by atoms with Gasteiger partial charge in [0.05, 0.1) is 30.9 Å². The van der Waals surface area contributed by atoms with Gasteiger partial charge in [0.2, 0.25) is 0 Å². The van der Waals surface area contributed by atoms with Gasteiger partial charge < -0.3 is 14.4 Å². The number of carbonyl (C=O) groups excluding carboxylic acids is 1. The van der Waals surface area contributed by atoms with E-state index in [0.29, 0.717) is 29.4 Å². The summed E-state index contributed by atoms with van der Waals surface area (Å²) in [5.41, 5.74) is 2.97. The molecular formula is C29H39FN2O3. The molecule has 1 aliphatic carbocycles. The van der Waals surface area contributed by atoms with Crippen molar-refractivity contribution < 1.29 is 20.1 Å². The average molecular weight is 483 g/mol. The van der Waals surface area contributed by atoms with Gasteiger partial charge in [0.15, 0.2) is 23.1 Å². The molecule has 0 radical (unpaired) electrons. The molecule has 0 atom stereocenters. The summed E-state index contributed by atoms with van der Waals surface area (Å²) in [6.07, 6.45) is 2.31. The van der Waals surface area contributed by atoms with Gasteiger partial charge in [-0.15, -0.1) is 0 Å². The Bertz CT molecular complexity index is 1180. The number of nitrogens with zero attached hydrogens (tertiary/aromatic N) is 1. The fourth-order valence-corrected chi connectivity index (χ4v) is 4.83. The van der Waals surface area contributed by atoms with E-state index in [1.54, 1.807) is 17.9 Å². The molecule has 1 aliphatic heterocycles. The number of fused-ring (bicyclic) bond motifs is 1. The van der Waals surface area contributed by atoms with E-state index >= 15 is 4.39 Å². The number of ketones is 1. The predicted molar refractivity (Wildman–Crippen MR) is 139 cm³/mol. The summed E-state index contributed by atoms with van der Waals surface area (Å²) >= 11 is 0. The molecule has 35 heavy (non-hydrogen) atoms. The van der Waals surface area contributed by atoms with Gasteiger partial charge in [-0.3, -0.25) is 10.2 Å². The van der Waals surface area contributed by atoms with Gasteiger partial charge in [-0.2, -0.15) is 0 Å². The summed E-state index contributed by atoms with van der Waals surface area (Å²) in [7, 11) is 0. The van der Waals surface area contributed by atoms with Gasteiger partial charge in [0.1, 0.15) is 5.84 Å². The van der Waals surface area contributed by atoms with Crippen LogP contribution in [-0.2, 0) is 11.0 Å². The van der Waals surface area contributed by atoms with Crippen LogP contribution in [0.25, 0.3) is 0 Å². The summed E-state index contributed by atoms with van der Waals surface area (Å²) in [5.74, 6) is 0.193. The topological polar surface area (TPSA) is 62.6 Å². The Balaban J connectivity index is 0.00000361. The Hall–Kier alpha value is -2.89. The van der Waals surface area contributed by atoms with Crippen LogP contribution in [0.5, 0.6) is 11.5 Å². The first kappa shape index (κ1) is 25.2. The molecule has 0 spiro atoms. The minimum Gasteiger partial charge on any atom is -0.490 e. The fraction of sp³-hybridized carbons (Fsp3) is 0.517. The first-order valence-corrected chi connectivity index (χ1v) is 12.6. The summed E-state index contributed by atoms with van der Waals surface area (Å²) in [6, 6.07) is 7.98. The van der Waals surface area contributed by atoms with E-state index in [1.807, 2.05) is 32.9 Å². The monoisotopic (exact) mass is 482 g/mol. The maximum absolute atomic E-state index is 15.6. The molecule has 0 bridgehead atoms. The number of Topliss-reactive ketones (excluding diaryl/α,β-unsaturated/α-hetero) is 1. The summed E-state index contributed by atoms with van der Waals surface area (Å²) < 4.78 is 26.9. The number of hydrogen-bond donors (Lipinski definition) is 1. The molecular weight excluding hydrogens is 443 g/mol. The van der Waals surface area contributed by atoms with Gasteiger partial charge in [0, 0.05) is 6.99 Å². The van der Waals surface area contributed by atoms with Crippen molar-refractivity contribution in [1.82, 2.24) is 4.90 Å². The van der Waals surface area contributed by atoms with Crippen molar-refractivity contribution in [2.75, 3.05) is 19.8 Å². The molecule has 0 unspecified atom stereocenters. The fourth-order valence-electron chi connectivity index (χ4n) is 4.83. The first-order valence-electron chi connectivity index (χ1n) is 12.6. The highest BCUT2D eigenvalue weighted by Crippen LogP contribution is 2.46. The SMILES string of the molecule is CCOc1cc2c(c(F)c1OCC)C(=N)N(CC(=O)c1cc(C3CC3)cc(C(C)(C)C)c1)C2(C)C.[HH]. The second kappa shape index (κ2) is 8.96. The van der Waals surface area contributed by atoms with Crippen LogP contribution < -0.4 is 9.47 Å². The van der Waals surface area contributed by atoms with E-state index in [4.69, 9.17) is 14.9 Å². The highest BCUT2D eigenvalue weighted by Gasteiger charge is 2.45. The molecule has 0 saturated heterocycles. The normalized spacial score (nSPS) is 16.9. The molecule has 1 fully saturated rings. The Kier molecular flexibility index (Phi) is 6.45. The van der Waals surface area contributed by atoms with Crippen LogP contribution in [0.3, 0.4) is 0 Å². The standard InChI is InChI=1S/C29H37FN2O3.H2/c1-8-34-23-15-21-24(25(30)26(23)35-9-2)27(31)32(29(21,6)7)16-22(33)19-12-18(17-10-11-17)13-20(14-19)28(3,4)5;/h12-15,17,31H,8-11,16H2,1-7H3;1H. The molecule has 5 nitrogen and oxygen atoms in total. The van der Waals surface area contributed by atoms with Crippen molar-refractivity contribution in [3.05, 3.63) is 57.9 Å². The Labute approximate surface area is 209 Å². The van der Waals surface area contributed by atoms with Gasteiger partial charge in [-0.25, -0.2) is 4.39 Å². The van der Waals surface area contributed by atoms with Crippen LogP contribution in [0.2, 0.25) is 0 Å². The third kappa shape index (κ3) is 4.55. The van der Waals surface area contributed by atoms with Crippen molar-refractivity contribution in [2.24, 2.45) is 0 Å². The number of benzene rings is 2. The Morgan fingerprint density at radius 2 is 1.80 bits per heavy atom. The molecule has 4 rings (SSSR count). The molecule has 190 valence electrons. The third-order valence-corrected chi connectivity index (χ3v) is 7.11. The maximum atomic E-state index is 15.6. The number of nitrogens with one attached hydrogen (secondary N) is 1. The summed E-state index contributed by atoms with van der Waals surface area (Å²) in [5, 5.41) is 8.84. The zero-order valence-corrected chi connectivity index (χ0v) is 22.0. The van der Waals surface area contributed by atoms with Crippen LogP contribution >= 0.6 is 0 Å². The zero-order valence-electron chi connectivity index (χ0n) is 22.0. The lowest BCUT2D eigenvalue weighted by Gasteiger charge is -2.33. The quantitative estimate of drug-likeness (QED) is 0.420. The van der Waals surface area contributed by atoms with Crippen molar-refractivity contribution in [3.8, 4) is 11.5 Å². The molecule has 2 aliphatic rings. The van der Waals surface area contributed by atoms with Crippen LogP contribution in [0.4, 0.5) is 4.39 Å². The number of hydrogen-bond acceptors (Lipinski definition) is 4. The van der Waals surface area contributed by atoms with E-state index < -0.39 is 11.4 Å². The minimum atomic E-state index is -0.763. The second-order valence-electron chi connectivity index (χ2n) is 11.1.